The maximum atomic E-state index is 13.5. The van der Waals surface area contributed by atoms with Gasteiger partial charge < -0.3 is 14.8 Å². The summed E-state index contributed by atoms with van der Waals surface area (Å²) in [5.74, 6) is -0.256. The van der Waals surface area contributed by atoms with E-state index in [1.807, 2.05) is 66.9 Å². The average Bonchev–Trinajstić information content (AvgIpc) is 3.44. The highest BCUT2D eigenvalue weighted by Crippen LogP contribution is 2.29. The third-order valence-corrected chi connectivity index (χ3v) is 6.24. The quantitative estimate of drug-likeness (QED) is 0.285. The molecule has 190 valence electrons. The Kier molecular flexibility index (Phi) is 8.96. The summed E-state index contributed by atoms with van der Waals surface area (Å²) in [6.45, 7) is 2.14. The minimum Gasteiger partial charge on any atom is -0.482 e. The van der Waals surface area contributed by atoms with Crippen LogP contribution >= 0.6 is 11.3 Å². The van der Waals surface area contributed by atoms with Crippen molar-refractivity contribution >= 4 is 28.9 Å². The number of aryl methyl sites for hydroxylation is 1. The molecule has 0 spiro atoms. The van der Waals surface area contributed by atoms with E-state index < -0.39 is 12.0 Å². The molecule has 0 fully saturated rings. The SMILES string of the molecule is COC(=O)COc1cc(NC(=O)C(Cc2ccccc2)NCc2cscn2)cc(-c2ccnc(C)c2)c1. The minimum atomic E-state index is -0.504. The number of hydrogen-bond acceptors (Lipinski definition) is 8. The zero-order valence-electron chi connectivity index (χ0n) is 20.6. The first-order valence-electron chi connectivity index (χ1n) is 11.7. The number of pyridine rings is 1. The Labute approximate surface area is 219 Å². The van der Waals surface area contributed by atoms with Crippen molar-refractivity contribution in [2.75, 3.05) is 19.0 Å². The molecule has 2 heterocycles. The van der Waals surface area contributed by atoms with E-state index in [2.05, 4.69) is 25.3 Å². The van der Waals surface area contributed by atoms with Gasteiger partial charge in [0.05, 0.1) is 24.4 Å². The number of thiazole rings is 1. The number of carbonyl (C=O) groups excluding carboxylic acids is 2. The highest BCUT2D eigenvalue weighted by molar-refractivity contribution is 7.07. The van der Waals surface area contributed by atoms with Crippen LogP contribution in [0, 0.1) is 6.92 Å². The molecule has 37 heavy (non-hydrogen) atoms. The predicted molar refractivity (Wildman–Crippen MR) is 143 cm³/mol. The number of methoxy groups -OCH3 is 1. The fourth-order valence-electron chi connectivity index (χ4n) is 3.74. The van der Waals surface area contributed by atoms with Crippen molar-refractivity contribution < 1.29 is 19.1 Å². The molecule has 4 aromatic rings. The standard InChI is InChI=1S/C28H28N4O4S/c1-19-10-21(8-9-29-19)22-12-23(14-25(13-22)36-16-27(33)35-2)32-28(34)26(11-20-6-4-3-5-7-20)30-15-24-17-37-18-31-24/h3-10,12-14,17-18,26,30H,11,15-16H2,1-2H3,(H,32,34). The molecular formula is C28H28N4O4S. The van der Waals surface area contributed by atoms with Gasteiger partial charge in [-0.3, -0.25) is 15.1 Å². The van der Waals surface area contributed by atoms with Crippen molar-refractivity contribution in [1.82, 2.24) is 15.3 Å². The second-order valence-electron chi connectivity index (χ2n) is 8.39. The first-order chi connectivity index (χ1) is 18.0. The van der Waals surface area contributed by atoms with Crippen LogP contribution in [-0.2, 0) is 27.3 Å². The molecule has 0 saturated heterocycles. The molecule has 9 heteroatoms. The number of rotatable bonds is 11. The minimum absolute atomic E-state index is 0.193. The summed E-state index contributed by atoms with van der Waals surface area (Å²) >= 11 is 1.51. The number of nitrogens with zero attached hydrogens (tertiary/aromatic N) is 2. The van der Waals surface area contributed by atoms with Crippen molar-refractivity contribution in [3.63, 3.8) is 0 Å². The van der Waals surface area contributed by atoms with Crippen molar-refractivity contribution in [3.05, 3.63) is 94.7 Å². The van der Waals surface area contributed by atoms with Crippen molar-refractivity contribution in [1.29, 1.82) is 0 Å². The molecule has 2 aromatic heterocycles. The molecular weight excluding hydrogens is 488 g/mol. The summed E-state index contributed by atoms with van der Waals surface area (Å²) in [5, 5.41) is 8.32. The number of aromatic nitrogens is 2. The zero-order valence-corrected chi connectivity index (χ0v) is 21.5. The van der Waals surface area contributed by atoms with Gasteiger partial charge in [0, 0.05) is 35.6 Å². The van der Waals surface area contributed by atoms with Crippen LogP contribution in [0.25, 0.3) is 11.1 Å². The molecule has 0 aliphatic heterocycles. The van der Waals surface area contributed by atoms with Gasteiger partial charge in [-0.05, 0) is 54.3 Å². The van der Waals surface area contributed by atoms with Crippen molar-refractivity contribution in [3.8, 4) is 16.9 Å². The molecule has 1 unspecified atom stereocenters. The number of benzene rings is 2. The second kappa shape index (κ2) is 12.8. The van der Waals surface area contributed by atoms with E-state index in [0.717, 1.165) is 28.1 Å². The summed E-state index contributed by atoms with van der Waals surface area (Å²) in [7, 11) is 1.30. The molecule has 1 amide bonds. The lowest BCUT2D eigenvalue weighted by Crippen LogP contribution is -2.41. The van der Waals surface area contributed by atoms with E-state index in [4.69, 9.17) is 4.74 Å². The van der Waals surface area contributed by atoms with Gasteiger partial charge >= 0.3 is 5.97 Å². The van der Waals surface area contributed by atoms with Crippen LogP contribution in [0.4, 0.5) is 5.69 Å². The van der Waals surface area contributed by atoms with Crippen LogP contribution in [0.15, 0.2) is 77.8 Å². The normalized spacial score (nSPS) is 11.5. The monoisotopic (exact) mass is 516 g/mol. The molecule has 0 aliphatic rings. The van der Waals surface area contributed by atoms with Crippen molar-refractivity contribution in [2.45, 2.75) is 25.9 Å². The molecule has 8 nitrogen and oxygen atoms in total. The van der Waals surface area contributed by atoms with Gasteiger partial charge in [-0.25, -0.2) is 9.78 Å². The van der Waals surface area contributed by atoms with Crippen LogP contribution < -0.4 is 15.4 Å². The summed E-state index contributed by atoms with van der Waals surface area (Å²) in [4.78, 5) is 33.7. The first-order valence-corrected chi connectivity index (χ1v) is 12.7. The third-order valence-electron chi connectivity index (χ3n) is 5.60. The highest BCUT2D eigenvalue weighted by atomic mass is 32.1. The van der Waals surface area contributed by atoms with E-state index >= 15 is 0 Å². The number of anilines is 1. The number of nitrogens with one attached hydrogen (secondary N) is 2. The summed E-state index contributed by atoms with van der Waals surface area (Å²) < 4.78 is 10.4. The summed E-state index contributed by atoms with van der Waals surface area (Å²) in [6.07, 6.45) is 2.23. The Balaban J connectivity index is 1.58. The molecule has 0 saturated carbocycles. The molecule has 0 bridgehead atoms. The van der Waals surface area contributed by atoms with Crippen LogP contribution in [0.1, 0.15) is 17.0 Å². The first kappa shape index (κ1) is 26.0. The number of ether oxygens (including phenoxy) is 2. The van der Waals surface area contributed by atoms with Crippen molar-refractivity contribution in [2.24, 2.45) is 0 Å². The van der Waals surface area contributed by atoms with E-state index in [0.29, 0.717) is 24.4 Å². The van der Waals surface area contributed by atoms with Crippen LogP contribution in [0.5, 0.6) is 5.75 Å². The average molecular weight is 517 g/mol. The third kappa shape index (κ3) is 7.70. The number of amides is 1. The lowest BCUT2D eigenvalue weighted by atomic mass is 10.0. The van der Waals surface area contributed by atoms with E-state index in [1.165, 1.54) is 18.4 Å². The summed E-state index contributed by atoms with van der Waals surface area (Å²) in [5.41, 5.74) is 6.82. The molecule has 0 radical (unpaired) electrons. The van der Waals surface area contributed by atoms with Gasteiger partial charge in [0.25, 0.3) is 0 Å². The second-order valence-corrected chi connectivity index (χ2v) is 9.11. The Morgan fingerprint density at radius 1 is 1.03 bits per heavy atom. The maximum Gasteiger partial charge on any atom is 0.343 e. The van der Waals surface area contributed by atoms with E-state index in [9.17, 15) is 9.59 Å². The molecule has 2 N–H and O–H groups in total. The predicted octanol–water partition coefficient (Wildman–Crippen LogP) is 4.40. The lowest BCUT2D eigenvalue weighted by Gasteiger charge is -2.19. The van der Waals surface area contributed by atoms with Gasteiger partial charge in [-0.2, -0.15) is 0 Å². The Hall–Kier alpha value is -4.08. The van der Waals surface area contributed by atoms with E-state index in [1.54, 1.807) is 17.8 Å². The fourth-order valence-corrected chi connectivity index (χ4v) is 4.30. The Morgan fingerprint density at radius 3 is 2.59 bits per heavy atom. The molecule has 0 aliphatic carbocycles. The highest BCUT2D eigenvalue weighted by Gasteiger charge is 2.20. The molecule has 2 aromatic carbocycles. The number of hydrogen-bond donors (Lipinski definition) is 2. The molecule has 1 atom stereocenters. The maximum absolute atomic E-state index is 13.5. The zero-order chi connectivity index (χ0) is 26.0. The largest absolute Gasteiger partial charge is 0.482 e. The van der Waals surface area contributed by atoms with Crippen LogP contribution in [0.2, 0.25) is 0 Å². The van der Waals surface area contributed by atoms with Gasteiger partial charge in [0.15, 0.2) is 6.61 Å². The van der Waals surface area contributed by atoms with Gasteiger partial charge in [-0.15, -0.1) is 11.3 Å². The van der Waals surface area contributed by atoms with E-state index in [-0.39, 0.29) is 12.5 Å². The Bertz CT molecular complexity index is 1330. The molecule has 4 rings (SSSR count). The van der Waals surface area contributed by atoms with Crippen LogP contribution in [0.3, 0.4) is 0 Å². The van der Waals surface area contributed by atoms with Gasteiger partial charge in [0.2, 0.25) is 5.91 Å². The lowest BCUT2D eigenvalue weighted by molar-refractivity contribution is -0.142. The smallest absolute Gasteiger partial charge is 0.343 e. The Morgan fingerprint density at radius 2 is 1.86 bits per heavy atom. The van der Waals surface area contributed by atoms with Gasteiger partial charge in [-0.1, -0.05) is 30.3 Å². The van der Waals surface area contributed by atoms with Gasteiger partial charge in [0.1, 0.15) is 5.75 Å². The number of esters is 1. The fraction of sp³-hybridized carbons (Fsp3) is 0.214. The summed E-state index contributed by atoms with van der Waals surface area (Å²) in [6, 6.07) is 18.5. The van der Waals surface area contributed by atoms with Crippen LogP contribution in [-0.4, -0.2) is 41.6 Å². The number of carbonyl (C=O) groups is 2. The topological polar surface area (TPSA) is 102 Å².